The predicted molar refractivity (Wildman–Crippen MR) is 74.2 cm³/mol. The van der Waals surface area contributed by atoms with E-state index in [0.717, 1.165) is 0 Å². The van der Waals surface area contributed by atoms with E-state index in [1.54, 1.807) is 0 Å². The third-order valence-corrected chi connectivity index (χ3v) is 3.26. The Labute approximate surface area is 118 Å². The fourth-order valence-corrected chi connectivity index (χ4v) is 2.37. The highest BCUT2D eigenvalue weighted by molar-refractivity contribution is 7.99. The number of carbonyl (C=O) groups is 2. The molecule has 0 rings (SSSR count). The van der Waals surface area contributed by atoms with Crippen LogP contribution in [0, 0.1) is 0 Å². The van der Waals surface area contributed by atoms with Crippen LogP contribution in [0.3, 0.4) is 0 Å². The van der Waals surface area contributed by atoms with Crippen molar-refractivity contribution in [2.45, 2.75) is 39.5 Å². The zero-order chi connectivity index (χ0) is 14.7. The van der Waals surface area contributed by atoms with E-state index in [1.165, 1.54) is 18.7 Å². The molecule has 1 amide bonds. The number of aliphatic carboxylic acids is 1. The Bertz CT molecular complexity index is 269. The molecule has 2 N–H and O–H groups in total. The Hall–Kier alpha value is -0.790. The van der Waals surface area contributed by atoms with Crippen molar-refractivity contribution in [1.29, 1.82) is 0 Å². The number of carbonyl (C=O) groups excluding carboxylic acids is 1. The summed E-state index contributed by atoms with van der Waals surface area (Å²) in [6.45, 7) is 6.27. The number of thioether (sulfide) groups is 1. The molecule has 0 saturated carbocycles. The number of hydrogen-bond donors (Lipinski definition) is 2. The zero-order valence-electron chi connectivity index (χ0n) is 11.7. The van der Waals surface area contributed by atoms with Gasteiger partial charge in [0.15, 0.2) is 6.29 Å². The van der Waals surface area contributed by atoms with Crippen LogP contribution in [-0.4, -0.2) is 54.0 Å². The van der Waals surface area contributed by atoms with Gasteiger partial charge in [0.05, 0.1) is 0 Å². The summed E-state index contributed by atoms with van der Waals surface area (Å²) in [6, 6.07) is -0.847. The smallest absolute Gasteiger partial charge is 0.327 e. The average molecular weight is 293 g/mol. The lowest BCUT2D eigenvalue weighted by Gasteiger charge is -2.17. The first-order valence-electron chi connectivity index (χ1n) is 6.32. The van der Waals surface area contributed by atoms with Gasteiger partial charge in [-0.1, -0.05) is 0 Å². The van der Waals surface area contributed by atoms with Crippen LogP contribution in [0.4, 0.5) is 0 Å². The molecule has 0 bridgehead atoms. The van der Waals surface area contributed by atoms with Crippen molar-refractivity contribution < 1.29 is 24.2 Å². The third-order valence-electron chi connectivity index (χ3n) is 2.16. The van der Waals surface area contributed by atoms with Gasteiger partial charge in [-0.25, -0.2) is 4.79 Å². The van der Waals surface area contributed by atoms with Crippen molar-refractivity contribution in [3.63, 3.8) is 0 Å². The maximum absolute atomic E-state index is 10.9. The second-order valence-corrected chi connectivity index (χ2v) is 4.95. The number of ether oxygens (including phenoxy) is 2. The maximum Gasteiger partial charge on any atom is 0.327 e. The minimum atomic E-state index is -1.02. The summed E-state index contributed by atoms with van der Waals surface area (Å²) in [5.74, 6) is -0.308. The van der Waals surface area contributed by atoms with Crippen molar-refractivity contribution in [1.82, 2.24) is 5.32 Å². The number of carboxylic acids is 1. The fourth-order valence-electron chi connectivity index (χ4n) is 1.39. The summed E-state index contributed by atoms with van der Waals surface area (Å²) >= 11 is 1.46. The van der Waals surface area contributed by atoms with Gasteiger partial charge in [0, 0.05) is 32.3 Å². The van der Waals surface area contributed by atoms with Gasteiger partial charge in [0.25, 0.3) is 0 Å². The van der Waals surface area contributed by atoms with E-state index in [2.05, 4.69) is 5.32 Å². The van der Waals surface area contributed by atoms with Crippen molar-refractivity contribution in [3.05, 3.63) is 0 Å². The Kier molecular flexibility index (Phi) is 10.6. The molecule has 0 aromatic heterocycles. The van der Waals surface area contributed by atoms with Crippen LogP contribution in [0.1, 0.15) is 27.2 Å². The summed E-state index contributed by atoms with van der Waals surface area (Å²) < 4.78 is 10.8. The lowest BCUT2D eigenvalue weighted by atomic mass is 10.3. The Balaban J connectivity index is 3.91. The van der Waals surface area contributed by atoms with E-state index in [1.807, 2.05) is 13.8 Å². The molecule has 0 radical (unpaired) electrons. The van der Waals surface area contributed by atoms with E-state index in [4.69, 9.17) is 14.6 Å². The first-order valence-corrected chi connectivity index (χ1v) is 7.47. The minimum absolute atomic E-state index is 0.244. The molecule has 6 nitrogen and oxygen atoms in total. The molecule has 1 unspecified atom stereocenters. The van der Waals surface area contributed by atoms with Gasteiger partial charge < -0.3 is 19.9 Å². The number of hydrogen-bond acceptors (Lipinski definition) is 5. The number of nitrogens with one attached hydrogen (secondary N) is 1. The SMILES string of the molecule is CCOC(CCSCC(NC(C)=O)C(=O)O)OCC. The van der Waals surface area contributed by atoms with Crippen molar-refractivity contribution in [2.24, 2.45) is 0 Å². The van der Waals surface area contributed by atoms with Crippen LogP contribution < -0.4 is 5.32 Å². The van der Waals surface area contributed by atoms with E-state index >= 15 is 0 Å². The van der Waals surface area contributed by atoms with Crippen molar-refractivity contribution in [2.75, 3.05) is 24.7 Å². The molecule has 0 aromatic rings. The highest BCUT2D eigenvalue weighted by Gasteiger charge is 2.18. The van der Waals surface area contributed by atoms with Crippen LogP contribution in [0.2, 0.25) is 0 Å². The van der Waals surface area contributed by atoms with Gasteiger partial charge in [-0.2, -0.15) is 11.8 Å². The summed E-state index contributed by atoms with van der Waals surface area (Å²) in [5, 5.41) is 11.3. The molecule has 0 aliphatic heterocycles. The molecular weight excluding hydrogens is 270 g/mol. The summed E-state index contributed by atoms with van der Waals surface area (Å²) in [5.41, 5.74) is 0. The fraction of sp³-hybridized carbons (Fsp3) is 0.833. The molecular formula is C12H23NO5S. The van der Waals surface area contributed by atoms with Crippen LogP contribution in [0.25, 0.3) is 0 Å². The number of amides is 1. The van der Waals surface area contributed by atoms with Gasteiger partial charge in [0.1, 0.15) is 6.04 Å². The van der Waals surface area contributed by atoms with Crippen LogP contribution in [0.15, 0.2) is 0 Å². The van der Waals surface area contributed by atoms with Gasteiger partial charge in [0.2, 0.25) is 5.91 Å². The summed E-state index contributed by atoms with van der Waals surface area (Å²) in [6.07, 6.45) is 0.449. The van der Waals surface area contributed by atoms with E-state index in [9.17, 15) is 9.59 Å². The minimum Gasteiger partial charge on any atom is -0.480 e. The Morgan fingerprint density at radius 1 is 1.26 bits per heavy atom. The summed E-state index contributed by atoms with van der Waals surface area (Å²) in [4.78, 5) is 21.7. The molecule has 0 aliphatic rings. The quantitative estimate of drug-likeness (QED) is 0.438. The first kappa shape index (κ1) is 18.2. The first-order chi connectivity index (χ1) is 9.01. The molecule has 0 spiro atoms. The van der Waals surface area contributed by atoms with Gasteiger partial charge >= 0.3 is 5.97 Å². The third kappa shape index (κ3) is 9.75. The molecule has 1 atom stereocenters. The van der Waals surface area contributed by atoms with Crippen molar-refractivity contribution in [3.8, 4) is 0 Å². The van der Waals surface area contributed by atoms with Gasteiger partial charge in [-0.3, -0.25) is 4.79 Å². The topological polar surface area (TPSA) is 84.9 Å². The second-order valence-electron chi connectivity index (χ2n) is 3.80. The lowest BCUT2D eigenvalue weighted by molar-refractivity contribution is -0.140. The average Bonchev–Trinajstić information content (AvgIpc) is 2.32. The Morgan fingerprint density at radius 3 is 2.26 bits per heavy atom. The standard InChI is InChI=1S/C12H23NO5S/c1-4-17-11(18-5-2)6-7-19-8-10(12(15)16)13-9(3)14/h10-11H,4-8H2,1-3H3,(H,13,14)(H,15,16). The van der Waals surface area contributed by atoms with E-state index in [0.29, 0.717) is 31.1 Å². The highest BCUT2D eigenvalue weighted by Crippen LogP contribution is 2.10. The highest BCUT2D eigenvalue weighted by atomic mass is 32.2. The summed E-state index contributed by atoms with van der Waals surface area (Å²) in [7, 11) is 0. The molecule has 0 aromatic carbocycles. The molecule has 0 fully saturated rings. The number of carboxylic acid groups (broad SMARTS) is 1. The number of rotatable bonds is 11. The predicted octanol–water partition coefficient (Wildman–Crippen LogP) is 1.10. The van der Waals surface area contributed by atoms with Gasteiger partial charge in [-0.05, 0) is 19.6 Å². The maximum atomic E-state index is 10.9. The van der Waals surface area contributed by atoms with Crippen LogP contribution in [0.5, 0.6) is 0 Å². The molecule has 19 heavy (non-hydrogen) atoms. The molecule has 0 heterocycles. The second kappa shape index (κ2) is 11.1. The zero-order valence-corrected chi connectivity index (χ0v) is 12.5. The van der Waals surface area contributed by atoms with Crippen LogP contribution in [-0.2, 0) is 19.1 Å². The lowest BCUT2D eigenvalue weighted by Crippen LogP contribution is -2.41. The molecule has 112 valence electrons. The Morgan fingerprint density at radius 2 is 1.84 bits per heavy atom. The molecule has 7 heteroatoms. The molecule has 0 saturated heterocycles. The van der Waals surface area contributed by atoms with Crippen LogP contribution >= 0.6 is 11.8 Å². The van der Waals surface area contributed by atoms with E-state index < -0.39 is 12.0 Å². The monoisotopic (exact) mass is 293 g/mol. The molecule has 0 aliphatic carbocycles. The van der Waals surface area contributed by atoms with Crippen molar-refractivity contribution >= 4 is 23.6 Å². The normalized spacial score (nSPS) is 12.4. The largest absolute Gasteiger partial charge is 0.480 e. The van der Waals surface area contributed by atoms with E-state index in [-0.39, 0.29) is 12.2 Å². The van der Waals surface area contributed by atoms with Gasteiger partial charge in [-0.15, -0.1) is 0 Å².